The van der Waals surface area contributed by atoms with E-state index in [9.17, 15) is 17.6 Å². The molecular formula is C19H23FN4O4S. The number of hydrogen-bond donors (Lipinski definition) is 1. The molecule has 1 aromatic carbocycles. The molecule has 1 aliphatic rings. The molecule has 0 spiro atoms. The Morgan fingerprint density at radius 1 is 1.17 bits per heavy atom. The number of aromatic nitrogens is 2. The average Bonchev–Trinajstić information content (AvgIpc) is 2.66. The summed E-state index contributed by atoms with van der Waals surface area (Å²) in [6.45, 7) is 4.04. The number of benzene rings is 1. The summed E-state index contributed by atoms with van der Waals surface area (Å²) < 4.78 is 43.8. The van der Waals surface area contributed by atoms with E-state index in [1.165, 1.54) is 22.7 Å². The Morgan fingerprint density at radius 3 is 2.31 bits per heavy atom. The standard InChI is InChI=1S/C19H23FN4O4S/c1-12-17(23-18(25)14-8-10-24(11-9-14)29(3,26)27)13(2)22-19(21-12)28-16-7-5-4-6-15(16)20/h4-7,14H,8-11H2,1-3H3,(H,23,25). The zero-order chi connectivity index (χ0) is 21.2. The molecule has 8 nitrogen and oxygen atoms in total. The molecular weight excluding hydrogens is 399 g/mol. The Morgan fingerprint density at radius 2 is 1.76 bits per heavy atom. The Bertz CT molecular complexity index is 998. The van der Waals surface area contributed by atoms with Gasteiger partial charge in [-0.25, -0.2) is 17.1 Å². The molecule has 1 aliphatic heterocycles. The summed E-state index contributed by atoms with van der Waals surface area (Å²) in [5.74, 6) is -0.998. The third kappa shape index (κ3) is 5.07. The first-order chi connectivity index (χ1) is 13.6. The van der Waals surface area contributed by atoms with Gasteiger partial charge in [-0.1, -0.05) is 12.1 Å². The van der Waals surface area contributed by atoms with Crippen LogP contribution in [0.15, 0.2) is 24.3 Å². The lowest BCUT2D eigenvalue weighted by molar-refractivity contribution is -0.120. The number of ether oxygens (including phenoxy) is 1. The van der Waals surface area contributed by atoms with Crippen molar-refractivity contribution in [3.8, 4) is 11.8 Å². The van der Waals surface area contributed by atoms with Crippen molar-refractivity contribution in [1.29, 1.82) is 0 Å². The monoisotopic (exact) mass is 422 g/mol. The Hall–Kier alpha value is -2.59. The minimum absolute atomic E-state index is 0.00967. The summed E-state index contributed by atoms with van der Waals surface area (Å²) >= 11 is 0. The summed E-state index contributed by atoms with van der Waals surface area (Å²) in [6, 6.07) is 5.94. The number of nitrogens with one attached hydrogen (secondary N) is 1. The maximum atomic E-state index is 13.8. The lowest BCUT2D eigenvalue weighted by Gasteiger charge is -2.29. The summed E-state index contributed by atoms with van der Waals surface area (Å²) in [6.07, 6.45) is 2.07. The molecule has 0 radical (unpaired) electrons. The van der Waals surface area contributed by atoms with E-state index in [2.05, 4.69) is 15.3 Å². The highest BCUT2D eigenvalue weighted by Crippen LogP contribution is 2.27. The zero-order valence-electron chi connectivity index (χ0n) is 16.5. The number of rotatable bonds is 5. The van der Waals surface area contributed by atoms with Crippen molar-refractivity contribution >= 4 is 21.6 Å². The van der Waals surface area contributed by atoms with Crippen LogP contribution in [0.1, 0.15) is 24.2 Å². The van der Waals surface area contributed by atoms with Crippen molar-refractivity contribution < 1.29 is 22.3 Å². The minimum Gasteiger partial charge on any atom is -0.421 e. The smallest absolute Gasteiger partial charge is 0.322 e. The molecule has 2 aromatic rings. The second-order valence-electron chi connectivity index (χ2n) is 7.01. The highest BCUT2D eigenvalue weighted by atomic mass is 32.2. The number of carbonyl (C=O) groups excluding carboxylic acids is 1. The first kappa shape index (κ1) is 21.1. The topological polar surface area (TPSA) is 101 Å². The van der Waals surface area contributed by atoms with Gasteiger partial charge in [-0.2, -0.15) is 9.97 Å². The van der Waals surface area contributed by atoms with Crippen LogP contribution < -0.4 is 10.1 Å². The van der Waals surface area contributed by atoms with Gasteiger partial charge in [-0.05, 0) is 38.8 Å². The van der Waals surface area contributed by atoms with Crippen LogP contribution in [0.4, 0.5) is 10.1 Å². The molecule has 2 heterocycles. The maximum Gasteiger partial charge on any atom is 0.322 e. The summed E-state index contributed by atoms with van der Waals surface area (Å²) in [5.41, 5.74) is 1.46. The first-order valence-electron chi connectivity index (χ1n) is 9.18. The molecule has 29 heavy (non-hydrogen) atoms. The predicted molar refractivity (Wildman–Crippen MR) is 106 cm³/mol. The fraction of sp³-hybridized carbons (Fsp3) is 0.421. The van der Waals surface area contributed by atoms with Gasteiger partial charge in [0, 0.05) is 19.0 Å². The number of hydrogen-bond acceptors (Lipinski definition) is 6. The average molecular weight is 422 g/mol. The van der Waals surface area contributed by atoms with Gasteiger partial charge in [0.05, 0.1) is 23.3 Å². The second-order valence-corrected chi connectivity index (χ2v) is 8.99. The van der Waals surface area contributed by atoms with E-state index in [4.69, 9.17) is 4.74 Å². The van der Waals surface area contributed by atoms with Crippen molar-refractivity contribution in [2.75, 3.05) is 24.7 Å². The van der Waals surface area contributed by atoms with E-state index in [1.807, 2.05) is 0 Å². The van der Waals surface area contributed by atoms with E-state index in [1.54, 1.807) is 26.0 Å². The van der Waals surface area contributed by atoms with Crippen molar-refractivity contribution in [1.82, 2.24) is 14.3 Å². The molecule has 1 amide bonds. The largest absolute Gasteiger partial charge is 0.421 e. The molecule has 0 aliphatic carbocycles. The maximum absolute atomic E-state index is 13.8. The van der Waals surface area contributed by atoms with E-state index >= 15 is 0 Å². The van der Waals surface area contributed by atoms with Crippen molar-refractivity contribution in [2.24, 2.45) is 5.92 Å². The Balaban J connectivity index is 1.68. The van der Waals surface area contributed by atoms with E-state index < -0.39 is 15.8 Å². The number of nitrogens with zero attached hydrogens (tertiary/aromatic N) is 3. The number of sulfonamides is 1. The molecule has 1 N–H and O–H groups in total. The normalized spacial score (nSPS) is 15.9. The van der Waals surface area contributed by atoms with Gasteiger partial charge >= 0.3 is 6.01 Å². The molecule has 1 fully saturated rings. The number of anilines is 1. The van der Waals surface area contributed by atoms with E-state index in [0.29, 0.717) is 43.0 Å². The van der Waals surface area contributed by atoms with Gasteiger partial charge in [0.2, 0.25) is 15.9 Å². The number of para-hydroxylation sites is 1. The molecule has 0 saturated carbocycles. The highest BCUT2D eigenvalue weighted by molar-refractivity contribution is 7.88. The zero-order valence-corrected chi connectivity index (χ0v) is 17.3. The van der Waals surface area contributed by atoms with Crippen LogP contribution in [0.3, 0.4) is 0 Å². The third-order valence-corrected chi connectivity index (χ3v) is 6.13. The van der Waals surface area contributed by atoms with Crippen molar-refractivity contribution in [2.45, 2.75) is 26.7 Å². The van der Waals surface area contributed by atoms with Crippen LogP contribution in [-0.4, -0.2) is 47.9 Å². The lowest BCUT2D eigenvalue weighted by atomic mass is 9.97. The Kier molecular flexibility index (Phi) is 6.13. The van der Waals surface area contributed by atoms with Crippen LogP contribution in [0.5, 0.6) is 11.8 Å². The quantitative estimate of drug-likeness (QED) is 0.795. The molecule has 0 atom stereocenters. The number of aryl methyl sites for hydroxylation is 2. The minimum atomic E-state index is -3.24. The van der Waals surface area contributed by atoms with Gasteiger partial charge in [0.25, 0.3) is 0 Å². The first-order valence-corrected chi connectivity index (χ1v) is 11.0. The number of piperidine rings is 1. The molecule has 156 valence electrons. The molecule has 3 rings (SSSR count). The van der Waals surface area contributed by atoms with Crippen LogP contribution >= 0.6 is 0 Å². The molecule has 0 unspecified atom stereocenters. The second kappa shape index (κ2) is 8.42. The Labute approximate surface area is 169 Å². The fourth-order valence-electron chi connectivity index (χ4n) is 3.21. The fourth-order valence-corrected chi connectivity index (χ4v) is 4.09. The predicted octanol–water partition coefficient (Wildman–Crippen LogP) is 2.63. The third-order valence-electron chi connectivity index (χ3n) is 4.83. The highest BCUT2D eigenvalue weighted by Gasteiger charge is 2.29. The molecule has 10 heteroatoms. The van der Waals surface area contributed by atoms with E-state index in [-0.39, 0.29) is 23.6 Å². The molecule has 1 aromatic heterocycles. The van der Waals surface area contributed by atoms with Crippen molar-refractivity contribution in [3.63, 3.8) is 0 Å². The van der Waals surface area contributed by atoms with Gasteiger partial charge in [0.1, 0.15) is 0 Å². The van der Waals surface area contributed by atoms with Crippen LogP contribution in [0.25, 0.3) is 0 Å². The summed E-state index contributed by atoms with van der Waals surface area (Å²) in [5, 5.41) is 2.84. The van der Waals surface area contributed by atoms with Gasteiger partial charge < -0.3 is 10.1 Å². The summed E-state index contributed by atoms with van der Waals surface area (Å²) in [4.78, 5) is 21.1. The molecule has 1 saturated heterocycles. The van der Waals surface area contributed by atoms with Gasteiger partial charge in [-0.15, -0.1) is 0 Å². The van der Waals surface area contributed by atoms with Crippen molar-refractivity contribution in [3.05, 3.63) is 41.5 Å². The van der Waals surface area contributed by atoms with E-state index in [0.717, 1.165) is 0 Å². The molecule has 0 bridgehead atoms. The van der Waals surface area contributed by atoms with Crippen LogP contribution in [0.2, 0.25) is 0 Å². The number of halogens is 1. The van der Waals surface area contributed by atoms with Crippen LogP contribution in [0, 0.1) is 25.6 Å². The van der Waals surface area contributed by atoms with Crippen LogP contribution in [-0.2, 0) is 14.8 Å². The van der Waals surface area contributed by atoms with Gasteiger partial charge in [0.15, 0.2) is 11.6 Å². The lowest BCUT2D eigenvalue weighted by Crippen LogP contribution is -2.41. The number of carbonyl (C=O) groups is 1. The summed E-state index contributed by atoms with van der Waals surface area (Å²) in [7, 11) is -3.24. The number of amides is 1. The SMILES string of the molecule is Cc1nc(Oc2ccccc2F)nc(C)c1NC(=O)C1CCN(S(C)(=O)=O)CC1. The van der Waals surface area contributed by atoms with Gasteiger partial charge in [-0.3, -0.25) is 4.79 Å².